The maximum Gasteiger partial charge on any atom is 0.307 e. The van der Waals surface area contributed by atoms with E-state index in [4.69, 9.17) is 26.8 Å². The molecule has 2 aliphatic heterocycles. The van der Waals surface area contributed by atoms with Gasteiger partial charge in [0.15, 0.2) is 5.82 Å². The zero-order chi connectivity index (χ0) is 31.6. The van der Waals surface area contributed by atoms with E-state index in [1.807, 2.05) is 49.0 Å². The number of benzene rings is 3. The minimum atomic E-state index is -0.853. The highest BCUT2D eigenvalue weighted by molar-refractivity contribution is 7.22. The molecule has 0 aliphatic carbocycles. The second-order valence-corrected chi connectivity index (χ2v) is 14.8. The van der Waals surface area contributed by atoms with Crippen LogP contribution in [0.3, 0.4) is 0 Å². The van der Waals surface area contributed by atoms with E-state index in [9.17, 15) is 9.90 Å². The molecule has 2 fully saturated rings. The van der Waals surface area contributed by atoms with Crippen molar-refractivity contribution in [2.45, 2.75) is 39.7 Å². The number of hydrogen-bond donors (Lipinski definition) is 2. The fourth-order valence-electron chi connectivity index (χ4n) is 6.49. The Morgan fingerprint density at radius 2 is 1.66 bits per heavy atom. The first-order valence-electron chi connectivity index (χ1n) is 14.7. The Hall–Kier alpha value is -3.50. The number of anilines is 1. The van der Waals surface area contributed by atoms with Gasteiger partial charge in [-0.2, -0.15) is 5.10 Å². The lowest BCUT2D eigenvalue weighted by Gasteiger charge is -2.59. The van der Waals surface area contributed by atoms with Crippen LogP contribution >= 0.6 is 22.9 Å². The molecular formula is C34H38ClN5O3S. The summed E-state index contributed by atoms with van der Waals surface area (Å²) in [7, 11) is 4.18. The Morgan fingerprint density at radius 3 is 2.27 bits per heavy atom. The molecule has 0 atom stereocenters. The average molecular weight is 632 g/mol. The van der Waals surface area contributed by atoms with Crippen LogP contribution in [0.4, 0.5) is 5.82 Å². The first-order chi connectivity index (χ1) is 20.7. The summed E-state index contributed by atoms with van der Waals surface area (Å²) in [6.07, 6.45) is -0.0505. The molecule has 2 aliphatic rings. The third-order valence-electron chi connectivity index (χ3n) is 8.11. The largest absolute Gasteiger partial charge is 0.481 e. The van der Waals surface area contributed by atoms with Crippen LogP contribution in [0, 0.1) is 12.3 Å². The number of halogens is 1. The Labute approximate surface area is 266 Å². The third-order valence-corrected chi connectivity index (χ3v) is 9.50. The standard InChI is InChI=1S/C30H28ClN5O2S.C4H10O/c1-17-10-23-27(26(21(17)12-25(37)38)18-4-7-20(31)8-5-18)39-29(32-23)19-6-9-24-22(11-19)28(33-35(24)3)36-15-30(16-36)13-34(2)14-30;1-4(2,3)5/h4-11H,12-16H2,1-3H3,(H,37,38);5H,1-3H3. The Balaban J connectivity index is 0.000000637. The van der Waals surface area contributed by atoms with E-state index in [1.54, 1.807) is 32.1 Å². The van der Waals surface area contributed by atoms with Crippen molar-refractivity contribution in [1.82, 2.24) is 19.7 Å². The Bertz CT molecular complexity index is 1870. The lowest BCUT2D eigenvalue weighted by molar-refractivity contribution is -0.136. The molecule has 4 heterocycles. The molecule has 44 heavy (non-hydrogen) atoms. The number of aryl methyl sites for hydroxylation is 2. The summed E-state index contributed by atoms with van der Waals surface area (Å²) in [6, 6.07) is 16.0. The van der Waals surface area contributed by atoms with E-state index >= 15 is 0 Å². The van der Waals surface area contributed by atoms with Crippen molar-refractivity contribution >= 4 is 55.8 Å². The number of carboxylic acid groups (broad SMARTS) is 1. The number of rotatable bonds is 5. The minimum absolute atomic E-state index is 0.0505. The van der Waals surface area contributed by atoms with Crippen LogP contribution < -0.4 is 4.90 Å². The molecule has 2 saturated heterocycles. The molecule has 5 aromatic rings. The molecule has 1 spiro atoms. The molecule has 2 N–H and O–H groups in total. The molecule has 3 aromatic carbocycles. The van der Waals surface area contributed by atoms with Crippen molar-refractivity contribution in [2.75, 3.05) is 38.1 Å². The monoisotopic (exact) mass is 631 g/mol. The van der Waals surface area contributed by atoms with Crippen LogP contribution in [-0.2, 0) is 18.3 Å². The topological polar surface area (TPSA) is 94.7 Å². The number of carbonyl (C=O) groups is 1. The summed E-state index contributed by atoms with van der Waals surface area (Å²) in [5.41, 5.74) is 6.53. The fraction of sp³-hybridized carbons (Fsp3) is 0.382. The predicted octanol–water partition coefficient (Wildman–Crippen LogP) is 6.63. The van der Waals surface area contributed by atoms with Crippen molar-refractivity contribution in [3.8, 4) is 21.7 Å². The number of aromatic nitrogens is 3. The molecule has 0 bridgehead atoms. The van der Waals surface area contributed by atoms with E-state index < -0.39 is 11.6 Å². The molecule has 0 amide bonds. The van der Waals surface area contributed by atoms with Crippen LogP contribution in [0.1, 0.15) is 31.9 Å². The van der Waals surface area contributed by atoms with Gasteiger partial charge in [-0.05, 0) is 87.8 Å². The van der Waals surface area contributed by atoms with E-state index in [1.165, 1.54) is 0 Å². The van der Waals surface area contributed by atoms with Crippen molar-refractivity contribution in [3.05, 3.63) is 64.7 Å². The number of thiazole rings is 1. The average Bonchev–Trinajstić information content (AvgIpc) is 3.45. The van der Waals surface area contributed by atoms with Gasteiger partial charge in [-0.25, -0.2) is 4.98 Å². The predicted molar refractivity (Wildman–Crippen MR) is 180 cm³/mol. The molecule has 0 saturated carbocycles. The second-order valence-electron chi connectivity index (χ2n) is 13.4. The molecule has 10 heteroatoms. The Kier molecular flexibility index (Phi) is 7.73. The van der Waals surface area contributed by atoms with Gasteiger partial charge >= 0.3 is 5.97 Å². The fourth-order valence-corrected chi connectivity index (χ4v) is 7.75. The molecule has 8 nitrogen and oxygen atoms in total. The number of aliphatic hydroxyl groups is 1. The lowest BCUT2D eigenvalue weighted by Crippen LogP contribution is -2.71. The van der Waals surface area contributed by atoms with Gasteiger partial charge in [0, 0.05) is 60.2 Å². The maximum absolute atomic E-state index is 11.8. The zero-order valence-corrected chi connectivity index (χ0v) is 27.6. The number of hydrogen-bond acceptors (Lipinski definition) is 7. The van der Waals surface area contributed by atoms with Gasteiger partial charge in [0.1, 0.15) is 5.01 Å². The molecular weight excluding hydrogens is 594 g/mol. The van der Waals surface area contributed by atoms with Gasteiger partial charge in [0.2, 0.25) is 0 Å². The van der Waals surface area contributed by atoms with Crippen molar-refractivity contribution in [3.63, 3.8) is 0 Å². The summed E-state index contributed by atoms with van der Waals surface area (Å²) in [5, 5.41) is 25.8. The van der Waals surface area contributed by atoms with E-state index in [-0.39, 0.29) is 6.42 Å². The summed E-state index contributed by atoms with van der Waals surface area (Å²) in [5.74, 6) is 0.186. The van der Waals surface area contributed by atoms with Crippen molar-refractivity contribution in [1.29, 1.82) is 0 Å². The number of likely N-dealkylation sites (tertiary alicyclic amines) is 1. The number of fused-ring (bicyclic) bond motifs is 2. The van der Waals surface area contributed by atoms with Crippen LogP contribution in [0.15, 0.2) is 48.5 Å². The number of carboxylic acids is 1. The SMILES string of the molecule is CC(C)(C)O.Cc1cc2nc(-c3ccc4c(c3)c(N3CC5(CN(C)C5)C3)nn4C)sc2c(-c2ccc(Cl)cc2)c1CC(=O)O. The molecule has 0 radical (unpaired) electrons. The highest BCUT2D eigenvalue weighted by Crippen LogP contribution is 2.44. The normalized spacial score (nSPS) is 16.1. The van der Waals surface area contributed by atoms with Gasteiger partial charge in [-0.1, -0.05) is 23.7 Å². The lowest BCUT2D eigenvalue weighted by atomic mass is 9.73. The molecule has 2 aromatic heterocycles. The minimum Gasteiger partial charge on any atom is -0.481 e. The zero-order valence-electron chi connectivity index (χ0n) is 26.0. The third kappa shape index (κ3) is 5.94. The van der Waals surface area contributed by atoms with Gasteiger partial charge in [-0.3, -0.25) is 9.48 Å². The summed E-state index contributed by atoms with van der Waals surface area (Å²) >= 11 is 7.78. The van der Waals surface area contributed by atoms with E-state index in [0.29, 0.717) is 10.4 Å². The molecule has 7 rings (SSSR count). The van der Waals surface area contributed by atoms with E-state index in [0.717, 1.165) is 85.9 Å². The van der Waals surface area contributed by atoms with Crippen molar-refractivity contribution in [2.24, 2.45) is 12.5 Å². The number of nitrogens with zero attached hydrogens (tertiary/aromatic N) is 5. The first-order valence-corrected chi connectivity index (χ1v) is 15.9. The first kappa shape index (κ1) is 30.5. The summed E-state index contributed by atoms with van der Waals surface area (Å²) in [6.45, 7) is 11.6. The van der Waals surface area contributed by atoms with Crippen LogP contribution in [0.25, 0.3) is 42.8 Å². The van der Waals surface area contributed by atoms with E-state index in [2.05, 4.69) is 35.0 Å². The summed E-state index contributed by atoms with van der Waals surface area (Å²) < 4.78 is 2.95. The maximum atomic E-state index is 11.8. The Morgan fingerprint density at radius 1 is 1.02 bits per heavy atom. The number of aliphatic carboxylic acids is 1. The van der Waals surface area contributed by atoms with Gasteiger partial charge in [-0.15, -0.1) is 11.3 Å². The van der Waals surface area contributed by atoms with Crippen LogP contribution in [-0.4, -0.2) is 74.7 Å². The highest BCUT2D eigenvalue weighted by Gasteiger charge is 2.51. The molecule has 0 unspecified atom stereocenters. The quantitative estimate of drug-likeness (QED) is 0.225. The van der Waals surface area contributed by atoms with Crippen LogP contribution in [0.5, 0.6) is 0 Å². The smallest absolute Gasteiger partial charge is 0.307 e. The van der Waals surface area contributed by atoms with Gasteiger partial charge in [0.25, 0.3) is 0 Å². The molecule has 230 valence electrons. The van der Waals surface area contributed by atoms with Crippen molar-refractivity contribution < 1.29 is 15.0 Å². The second kappa shape index (κ2) is 11.1. The van der Waals surface area contributed by atoms with Crippen LogP contribution in [0.2, 0.25) is 5.02 Å². The van der Waals surface area contributed by atoms with Gasteiger partial charge < -0.3 is 20.0 Å². The summed E-state index contributed by atoms with van der Waals surface area (Å²) in [4.78, 5) is 21.6. The highest BCUT2D eigenvalue weighted by atomic mass is 35.5. The van der Waals surface area contributed by atoms with Gasteiger partial charge in [0.05, 0.1) is 27.8 Å².